The average molecular weight is 528 g/mol. The molecular formula is C28H38ClN5O3. The van der Waals surface area contributed by atoms with Crippen LogP contribution in [0.4, 0.5) is 11.6 Å². The third-order valence-electron chi connectivity index (χ3n) is 7.65. The lowest BCUT2D eigenvalue weighted by molar-refractivity contribution is -0.118. The number of nitrogens with zero attached hydrogens (tertiary/aromatic N) is 3. The van der Waals surface area contributed by atoms with Crippen molar-refractivity contribution in [1.29, 1.82) is 0 Å². The average Bonchev–Trinajstić information content (AvgIpc) is 2.88. The zero-order valence-electron chi connectivity index (χ0n) is 22.1. The lowest BCUT2D eigenvalue weighted by Crippen LogP contribution is -2.43. The number of amides is 1. The van der Waals surface area contributed by atoms with Gasteiger partial charge in [0, 0.05) is 18.0 Å². The molecule has 1 saturated heterocycles. The predicted octanol–water partition coefficient (Wildman–Crippen LogP) is 5.03. The molecule has 9 heteroatoms. The van der Waals surface area contributed by atoms with Gasteiger partial charge in [-0.1, -0.05) is 24.4 Å². The first-order valence-corrected chi connectivity index (χ1v) is 13.7. The van der Waals surface area contributed by atoms with Crippen molar-refractivity contribution >= 4 is 34.9 Å². The predicted molar refractivity (Wildman–Crippen MR) is 146 cm³/mol. The van der Waals surface area contributed by atoms with Crippen molar-refractivity contribution in [3.05, 3.63) is 40.7 Å². The Kier molecular flexibility index (Phi) is 9.38. The number of hydrogen-bond donors (Lipinski definition) is 2. The minimum Gasteiger partial charge on any atom is -0.495 e. The maximum atomic E-state index is 12.8. The number of aromatic nitrogens is 2. The minimum absolute atomic E-state index is 0.1000. The number of ether oxygens (including phenoxy) is 1. The molecule has 2 aromatic rings. The lowest BCUT2D eigenvalue weighted by atomic mass is 9.75. The highest BCUT2D eigenvalue weighted by Crippen LogP contribution is 2.36. The Morgan fingerprint density at radius 3 is 2.57 bits per heavy atom. The van der Waals surface area contributed by atoms with Crippen molar-refractivity contribution in [3.8, 4) is 5.75 Å². The smallest absolute Gasteiger partial charge is 0.251 e. The van der Waals surface area contributed by atoms with E-state index in [1.807, 2.05) is 6.07 Å². The third-order valence-corrected chi connectivity index (χ3v) is 7.97. The van der Waals surface area contributed by atoms with Gasteiger partial charge in [-0.3, -0.25) is 4.79 Å². The van der Waals surface area contributed by atoms with Crippen LogP contribution in [0, 0.1) is 11.8 Å². The lowest BCUT2D eigenvalue weighted by Gasteiger charge is -2.31. The third kappa shape index (κ3) is 7.42. The number of carbonyl (C=O) groups excluding carboxylic acids is 2. The molecule has 2 aliphatic rings. The molecule has 1 saturated carbocycles. The van der Waals surface area contributed by atoms with Crippen LogP contribution < -0.4 is 15.4 Å². The van der Waals surface area contributed by atoms with Crippen molar-refractivity contribution in [2.24, 2.45) is 11.8 Å². The molecule has 2 N–H and O–H groups in total. The fourth-order valence-corrected chi connectivity index (χ4v) is 5.69. The molecule has 1 aliphatic heterocycles. The van der Waals surface area contributed by atoms with E-state index in [0.717, 1.165) is 50.9 Å². The van der Waals surface area contributed by atoms with Crippen molar-refractivity contribution in [1.82, 2.24) is 20.2 Å². The molecule has 1 amide bonds. The van der Waals surface area contributed by atoms with Crippen LogP contribution in [0.1, 0.15) is 67.9 Å². The second-order valence-electron chi connectivity index (χ2n) is 10.5. The number of methoxy groups -OCH3 is 1. The van der Waals surface area contributed by atoms with E-state index in [0.29, 0.717) is 46.2 Å². The summed E-state index contributed by atoms with van der Waals surface area (Å²) >= 11 is 6.48. The Labute approximate surface area is 224 Å². The number of ketones is 1. The normalized spacial score (nSPS) is 20.9. The molecule has 4 rings (SSSR count). The summed E-state index contributed by atoms with van der Waals surface area (Å²) in [7, 11) is 3.68. The van der Waals surface area contributed by atoms with E-state index in [1.165, 1.54) is 12.8 Å². The fraction of sp³-hybridized carbons (Fsp3) is 0.571. The highest BCUT2D eigenvalue weighted by atomic mass is 35.5. The molecule has 1 aromatic heterocycles. The van der Waals surface area contributed by atoms with Gasteiger partial charge in [-0.05, 0) is 89.2 Å². The zero-order valence-corrected chi connectivity index (χ0v) is 22.8. The van der Waals surface area contributed by atoms with Crippen LogP contribution >= 0.6 is 11.6 Å². The minimum atomic E-state index is -0.1000. The first-order valence-electron chi connectivity index (χ1n) is 13.3. The first-order chi connectivity index (χ1) is 17.8. The van der Waals surface area contributed by atoms with E-state index >= 15 is 0 Å². The van der Waals surface area contributed by atoms with Crippen molar-refractivity contribution < 1.29 is 14.3 Å². The highest BCUT2D eigenvalue weighted by Gasteiger charge is 2.27. The monoisotopic (exact) mass is 527 g/mol. The quantitative estimate of drug-likeness (QED) is 0.472. The summed E-state index contributed by atoms with van der Waals surface area (Å²) in [5, 5.41) is 6.90. The number of piperidine rings is 1. The van der Waals surface area contributed by atoms with Gasteiger partial charge in [0.25, 0.3) is 5.91 Å². The Morgan fingerprint density at radius 1 is 1.14 bits per heavy atom. The summed E-state index contributed by atoms with van der Waals surface area (Å²) in [6.45, 7) is 3.64. The van der Waals surface area contributed by atoms with Crippen LogP contribution in [0.2, 0.25) is 5.02 Å². The van der Waals surface area contributed by atoms with E-state index in [9.17, 15) is 9.59 Å². The molecule has 37 heavy (non-hydrogen) atoms. The fourth-order valence-electron chi connectivity index (χ4n) is 5.52. The van der Waals surface area contributed by atoms with Gasteiger partial charge in [0.05, 0.1) is 29.7 Å². The van der Waals surface area contributed by atoms with E-state index in [1.54, 1.807) is 32.4 Å². The summed E-state index contributed by atoms with van der Waals surface area (Å²) in [6, 6.07) is 5.51. The SMILES string of the molecule is COc1cc(C(=O)NC2CCN(C)CC2)ccc1Nc1ncc(Cl)c(C[C@@H]2CCCC[C@H]2CC(C)=O)n1. The standard InChI is InChI=1S/C28H38ClN5O3/c1-18(35)14-19-6-4-5-7-20(19)15-25-23(29)17-30-28(33-25)32-24-9-8-21(16-26(24)37-3)27(36)31-22-10-12-34(2)13-11-22/h8-9,16-17,19-20,22H,4-7,10-15H2,1-3H3,(H,31,36)(H,30,32,33)/t19-,20-/m0/s1. The van der Waals surface area contributed by atoms with Crippen LogP contribution in [0.25, 0.3) is 0 Å². The molecule has 2 atom stereocenters. The number of anilines is 2. The van der Waals surface area contributed by atoms with Crippen molar-refractivity contribution in [2.75, 3.05) is 32.6 Å². The van der Waals surface area contributed by atoms with Crippen LogP contribution in [-0.2, 0) is 11.2 Å². The molecule has 2 heterocycles. The molecule has 8 nitrogen and oxygen atoms in total. The van der Waals surface area contributed by atoms with E-state index in [-0.39, 0.29) is 17.7 Å². The molecule has 0 radical (unpaired) electrons. The molecule has 200 valence electrons. The van der Waals surface area contributed by atoms with E-state index in [4.69, 9.17) is 21.3 Å². The van der Waals surface area contributed by atoms with Gasteiger partial charge in [-0.2, -0.15) is 0 Å². The van der Waals surface area contributed by atoms with Crippen molar-refractivity contribution in [2.45, 2.75) is 64.3 Å². The van der Waals surface area contributed by atoms with Gasteiger partial charge in [-0.15, -0.1) is 0 Å². The van der Waals surface area contributed by atoms with Crippen LogP contribution in [0.3, 0.4) is 0 Å². The summed E-state index contributed by atoms with van der Waals surface area (Å²) < 4.78 is 5.58. The number of rotatable bonds is 9. The Morgan fingerprint density at radius 2 is 1.86 bits per heavy atom. The van der Waals surface area contributed by atoms with Gasteiger partial charge in [0.15, 0.2) is 0 Å². The number of halogens is 1. The van der Waals surface area contributed by atoms with Gasteiger partial charge in [-0.25, -0.2) is 9.97 Å². The topological polar surface area (TPSA) is 96.5 Å². The zero-order chi connectivity index (χ0) is 26.4. The largest absolute Gasteiger partial charge is 0.495 e. The maximum Gasteiger partial charge on any atom is 0.251 e. The Hall–Kier alpha value is -2.71. The molecule has 0 unspecified atom stereocenters. The number of Topliss-reactive ketones (excluding diaryl/α,β-unsaturated/α-hetero) is 1. The van der Waals surface area contributed by atoms with Crippen molar-refractivity contribution in [3.63, 3.8) is 0 Å². The van der Waals surface area contributed by atoms with E-state index < -0.39 is 0 Å². The molecule has 0 bridgehead atoms. The summed E-state index contributed by atoms with van der Waals surface area (Å²) in [4.78, 5) is 36.0. The maximum absolute atomic E-state index is 12.8. The highest BCUT2D eigenvalue weighted by molar-refractivity contribution is 6.31. The second kappa shape index (κ2) is 12.7. The van der Waals surface area contributed by atoms with Gasteiger partial charge in [0.1, 0.15) is 11.5 Å². The number of likely N-dealkylation sites (tertiary alicyclic amines) is 1. The van der Waals surface area contributed by atoms with Crippen LogP contribution in [0.5, 0.6) is 5.75 Å². The van der Waals surface area contributed by atoms with Crippen LogP contribution in [-0.4, -0.2) is 59.8 Å². The van der Waals surface area contributed by atoms with Gasteiger partial charge < -0.3 is 25.1 Å². The van der Waals surface area contributed by atoms with Crippen LogP contribution in [0.15, 0.2) is 24.4 Å². The number of hydrogen-bond acceptors (Lipinski definition) is 7. The second-order valence-corrected chi connectivity index (χ2v) is 10.9. The number of nitrogens with one attached hydrogen (secondary N) is 2. The molecular weight excluding hydrogens is 490 g/mol. The Bertz CT molecular complexity index is 1100. The first kappa shape index (κ1) is 27.3. The molecule has 0 spiro atoms. The van der Waals surface area contributed by atoms with Gasteiger partial charge in [0.2, 0.25) is 5.95 Å². The summed E-state index contributed by atoms with van der Waals surface area (Å²) in [6.07, 6.45) is 9.35. The molecule has 2 fully saturated rings. The number of carbonyl (C=O) groups is 2. The van der Waals surface area contributed by atoms with E-state index in [2.05, 4.69) is 27.6 Å². The summed E-state index contributed by atoms with van der Waals surface area (Å²) in [5.41, 5.74) is 2.00. The number of benzene rings is 1. The van der Waals surface area contributed by atoms with Gasteiger partial charge >= 0.3 is 0 Å². The molecule has 1 aliphatic carbocycles. The Balaban J connectivity index is 1.45. The summed E-state index contributed by atoms with van der Waals surface area (Å²) in [5.74, 6) is 1.85. The molecule has 1 aromatic carbocycles.